The second kappa shape index (κ2) is 14.0. The fourth-order valence-electron chi connectivity index (χ4n) is 5.48. The van der Waals surface area contributed by atoms with Gasteiger partial charge in [-0.05, 0) is 69.7 Å². The van der Waals surface area contributed by atoms with Crippen LogP contribution in [0.25, 0.3) is 10.9 Å². The number of aromatic nitrogens is 2. The van der Waals surface area contributed by atoms with E-state index in [1.165, 1.54) is 0 Å². The molecule has 2 aliphatic carbocycles. The molecule has 2 aliphatic rings. The number of halogens is 2. The molecule has 1 aromatic carbocycles. The Balaban J connectivity index is 0.00000210. The number of carbonyl (C=O) groups excluding carboxylic acids is 1. The zero-order chi connectivity index (χ0) is 25.8. The van der Waals surface area contributed by atoms with E-state index in [-0.39, 0.29) is 66.6 Å². The topological polar surface area (TPSA) is 125 Å². The number of amides is 1. The molecule has 39 heavy (non-hydrogen) atoms. The summed E-state index contributed by atoms with van der Waals surface area (Å²) in [6.07, 6.45) is 9.55. The molecule has 5 rings (SSSR count). The number of hydrogen-bond acceptors (Lipinski definition) is 7. The molecule has 0 radical (unpaired) electrons. The van der Waals surface area contributed by atoms with Crippen molar-refractivity contribution in [1.29, 1.82) is 5.41 Å². The summed E-state index contributed by atoms with van der Waals surface area (Å²) in [5.41, 5.74) is 1.84. The number of benzene rings is 1. The summed E-state index contributed by atoms with van der Waals surface area (Å²) in [5, 5.41) is 19.4. The van der Waals surface area contributed by atoms with Gasteiger partial charge in [0.15, 0.2) is 11.6 Å². The molecular formula is C28H38Cl2N6O3. The molecule has 2 atom stereocenters. The Bertz CT molecular complexity index is 1250. The lowest BCUT2D eigenvalue weighted by Gasteiger charge is -2.34. The van der Waals surface area contributed by atoms with Crippen molar-refractivity contribution in [3.8, 4) is 0 Å². The van der Waals surface area contributed by atoms with Gasteiger partial charge >= 0.3 is 0 Å². The van der Waals surface area contributed by atoms with E-state index in [2.05, 4.69) is 27.0 Å². The van der Waals surface area contributed by atoms with Crippen molar-refractivity contribution in [2.75, 3.05) is 12.4 Å². The van der Waals surface area contributed by atoms with Crippen LogP contribution in [-0.2, 0) is 4.74 Å². The van der Waals surface area contributed by atoms with E-state index in [0.29, 0.717) is 11.6 Å². The molecule has 11 heteroatoms. The lowest BCUT2D eigenvalue weighted by Crippen LogP contribution is -2.48. The van der Waals surface area contributed by atoms with Crippen LogP contribution >= 0.6 is 24.8 Å². The number of aryl methyl sites for hydroxylation is 1. The van der Waals surface area contributed by atoms with E-state index in [9.17, 15) is 4.79 Å². The summed E-state index contributed by atoms with van der Waals surface area (Å²) in [7, 11) is 1.75. The largest absolute Gasteiger partial charge is 0.461 e. The summed E-state index contributed by atoms with van der Waals surface area (Å²) >= 11 is 0. The lowest BCUT2D eigenvalue weighted by molar-refractivity contribution is 0.0597. The van der Waals surface area contributed by atoms with Crippen LogP contribution < -0.4 is 16.0 Å². The Hall–Kier alpha value is -2.88. The van der Waals surface area contributed by atoms with Gasteiger partial charge in [0.2, 0.25) is 5.82 Å². The highest BCUT2D eigenvalue weighted by Gasteiger charge is 2.28. The predicted octanol–water partition coefficient (Wildman–Crippen LogP) is 5.40. The van der Waals surface area contributed by atoms with Crippen LogP contribution in [0.3, 0.4) is 0 Å². The standard InChI is InChI=1S/C28H36N6O3.2ClH/c1-17-9-14-21-20(16-17)26(34-27(32-21)28(35)30-18-10-12-19(36-2)13-11-18)33-23-7-4-3-6-22(23)31-25(29)24-8-5-15-37-24;;/h5,8-9,14-16,18-19,22-23H,3-4,6-7,10-13H2,1-2H3,(H2,29,31)(H,30,35)(H,32,33,34);2*1H/t18-,19-,22-,23+;;/m1../s1. The number of furan rings is 1. The van der Waals surface area contributed by atoms with Gasteiger partial charge in [-0.15, -0.1) is 24.8 Å². The molecular weight excluding hydrogens is 539 g/mol. The maximum Gasteiger partial charge on any atom is 0.289 e. The molecule has 2 fully saturated rings. The number of nitrogens with one attached hydrogen (secondary N) is 4. The van der Waals surface area contributed by atoms with Gasteiger partial charge in [0, 0.05) is 30.6 Å². The zero-order valence-electron chi connectivity index (χ0n) is 22.4. The number of fused-ring (bicyclic) bond motifs is 1. The number of nitrogens with zero attached hydrogens (tertiary/aromatic N) is 2. The highest BCUT2D eigenvalue weighted by molar-refractivity contribution is 5.97. The van der Waals surface area contributed by atoms with Crippen molar-refractivity contribution in [2.24, 2.45) is 0 Å². The Morgan fingerprint density at radius 2 is 1.74 bits per heavy atom. The van der Waals surface area contributed by atoms with Crippen LogP contribution in [0.15, 0.2) is 41.0 Å². The molecule has 0 spiro atoms. The van der Waals surface area contributed by atoms with Crippen molar-refractivity contribution in [1.82, 2.24) is 20.6 Å². The molecule has 9 nitrogen and oxygen atoms in total. The Labute approximate surface area is 241 Å². The second-order valence-corrected chi connectivity index (χ2v) is 10.2. The number of ether oxygens (including phenoxy) is 1. The molecule has 4 N–H and O–H groups in total. The van der Waals surface area contributed by atoms with Crippen LogP contribution in [0.5, 0.6) is 0 Å². The second-order valence-electron chi connectivity index (χ2n) is 10.2. The normalized spacial score (nSPS) is 22.7. The summed E-state index contributed by atoms with van der Waals surface area (Å²) in [6, 6.07) is 9.76. The van der Waals surface area contributed by atoms with Gasteiger partial charge in [-0.3, -0.25) is 10.2 Å². The third-order valence-corrected chi connectivity index (χ3v) is 7.58. The van der Waals surface area contributed by atoms with Crippen LogP contribution in [0.1, 0.15) is 73.3 Å². The van der Waals surface area contributed by atoms with Gasteiger partial charge in [0.05, 0.1) is 17.9 Å². The number of amidine groups is 1. The summed E-state index contributed by atoms with van der Waals surface area (Å²) in [6.45, 7) is 2.04. The summed E-state index contributed by atoms with van der Waals surface area (Å²) in [4.78, 5) is 22.6. The fraction of sp³-hybridized carbons (Fsp3) is 0.500. The monoisotopic (exact) mass is 576 g/mol. The van der Waals surface area contributed by atoms with E-state index in [0.717, 1.165) is 67.8 Å². The smallest absolute Gasteiger partial charge is 0.289 e. The minimum atomic E-state index is -0.246. The molecule has 0 aliphatic heterocycles. The van der Waals surface area contributed by atoms with Gasteiger partial charge in [-0.1, -0.05) is 24.5 Å². The van der Waals surface area contributed by atoms with Crippen molar-refractivity contribution in [2.45, 2.75) is 82.5 Å². The Kier molecular flexibility index (Phi) is 11.0. The highest BCUT2D eigenvalue weighted by Crippen LogP contribution is 2.27. The van der Waals surface area contributed by atoms with Crippen molar-refractivity contribution >= 4 is 53.3 Å². The molecule has 0 unspecified atom stereocenters. The molecule has 2 aromatic heterocycles. The first-order chi connectivity index (χ1) is 18.0. The average Bonchev–Trinajstić information content (AvgIpc) is 3.46. The van der Waals surface area contributed by atoms with Gasteiger partial charge < -0.3 is 25.1 Å². The molecule has 212 valence electrons. The van der Waals surface area contributed by atoms with E-state index in [4.69, 9.17) is 19.5 Å². The quantitative estimate of drug-likeness (QED) is 0.219. The lowest BCUT2D eigenvalue weighted by atomic mass is 9.90. The SMILES string of the molecule is CO[C@H]1CC[C@H](NC(=O)c2nc(N[C@H]3CCCC[C@H]3NC(=N)c3ccco3)c3cc(C)ccc3n2)CC1.Cl.Cl. The maximum absolute atomic E-state index is 13.2. The van der Waals surface area contributed by atoms with Crippen molar-refractivity contribution < 1.29 is 13.9 Å². The molecule has 2 heterocycles. The van der Waals surface area contributed by atoms with Gasteiger partial charge in [0.1, 0.15) is 5.82 Å². The number of rotatable bonds is 7. The van der Waals surface area contributed by atoms with Crippen LogP contribution in [0.2, 0.25) is 0 Å². The highest BCUT2D eigenvalue weighted by atomic mass is 35.5. The van der Waals surface area contributed by atoms with E-state index >= 15 is 0 Å². The third-order valence-electron chi connectivity index (χ3n) is 7.58. The van der Waals surface area contributed by atoms with E-state index in [1.54, 1.807) is 25.5 Å². The number of hydrogen-bond donors (Lipinski definition) is 4. The number of methoxy groups -OCH3 is 1. The number of carbonyl (C=O) groups is 1. The van der Waals surface area contributed by atoms with Gasteiger partial charge in [-0.25, -0.2) is 9.97 Å². The predicted molar refractivity (Wildman–Crippen MR) is 158 cm³/mol. The minimum Gasteiger partial charge on any atom is -0.461 e. The van der Waals surface area contributed by atoms with Crippen molar-refractivity contribution in [3.05, 3.63) is 53.7 Å². The van der Waals surface area contributed by atoms with E-state index in [1.807, 2.05) is 19.1 Å². The first-order valence-electron chi connectivity index (χ1n) is 13.3. The number of anilines is 1. The summed E-state index contributed by atoms with van der Waals surface area (Å²) < 4.78 is 10.9. The minimum absolute atomic E-state index is 0. The molecule has 0 bridgehead atoms. The van der Waals surface area contributed by atoms with Gasteiger partial charge in [0.25, 0.3) is 5.91 Å². The maximum atomic E-state index is 13.2. The average molecular weight is 578 g/mol. The molecule has 3 aromatic rings. The van der Waals surface area contributed by atoms with Crippen LogP contribution in [0.4, 0.5) is 5.82 Å². The molecule has 2 saturated carbocycles. The first kappa shape index (κ1) is 30.7. The Morgan fingerprint density at radius 1 is 1.00 bits per heavy atom. The summed E-state index contributed by atoms with van der Waals surface area (Å²) in [5.74, 6) is 1.38. The fourth-order valence-corrected chi connectivity index (χ4v) is 5.48. The first-order valence-corrected chi connectivity index (χ1v) is 13.3. The van der Waals surface area contributed by atoms with Gasteiger partial charge in [-0.2, -0.15) is 0 Å². The zero-order valence-corrected chi connectivity index (χ0v) is 24.0. The van der Waals surface area contributed by atoms with E-state index < -0.39 is 0 Å². The Morgan fingerprint density at radius 3 is 2.44 bits per heavy atom. The molecule has 1 amide bonds. The van der Waals surface area contributed by atoms with Crippen molar-refractivity contribution in [3.63, 3.8) is 0 Å². The van der Waals surface area contributed by atoms with Crippen LogP contribution in [0, 0.1) is 12.3 Å². The van der Waals surface area contributed by atoms with Crippen LogP contribution in [-0.4, -0.2) is 53.1 Å². The molecule has 0 saturated heterocycles. The third kappa shape index (κ3) is 7.41.